The number of hydrogen-bond acceptors (Lipinski definition) is 2. The number of benzene rings is 2. The summed E-state index contributed by atoms with van der Waals surface area (Å²) in [6.45, 7) is 6.25. The van der Waals surface area contributed by atoms with Gasteiger partial charge in [0.1, 0.15) is 6.54 Å². The molecule has 1 saturated heterocycles. The molecule has 0 bridgehead atoms. The minimum Gasteiger partial charge on any atom is -0.343 e. The summed E-state index contributed by atoms with van der Waals surface area (Å²) in [5.74, 6) is -0.452. The SMILES string of the molecule is Cc1ccccc1C[NH+]1CCN(C(=O)CNC(=O)c2ccc(Cl)cc2Cl)CC1. The van der Waals surface area contributed by atoms with Crippen LogP contribution in [0.1, 0.15) is 21.5 Å². The van der Waals surface area contributed by atoms with Crippen LogP contribution in [0.15, 0.2) is 42.5 Å². The van der Waals surface area contributed by atoms with E-state index in [0.29, 0.717) is 23.7 Å². The molecule has 0 aliphatic carbocycles. The van der Waals surface area contributed by atoms with Gasteiger partial charge in [-0.15, -0.1) is 0 Å². The zero-order chi connectivity index (χ0) is 20.1. The Balaban J connectivity index is 1.46. The van der Waals surface area contributed by atoms with Gasteiger partial charge in [-0.1, -0.05) is 47.5 Å². The summed E-state index contributed by atoms with van der Waals surface area (Å²) in [5, 5.41) is 3.38. The van der Waals surface area contributed by atoms with Crippen molar-refractivity contribution in [3.8, 4) is 0 Å². The summed E-state index contributed by atoms with van der Waals surface area (Å²) in [7, 11) is 0. The molecule has 0 saturated carbocycles. The fourth-order valence-electron chi connectivity index (χ4n) is 3.36. The van der Waals surface area contributed by atoms with E-state index in [1.165, 1.54) is 22.1 Å². The molecular weight excluding hydrogens is 397 g/mol. The largest absolute Gasteiger partial charge is 0.343 e. The smallest absolute Gasteiger partial charge is 0.253 e. The van der Waals surface area contributed by atoms with E-state index >= 15 is 0 Å². The summed E-state index contributed by atoms with van der Waals surface area (Å²) in [6.07, 6.45) is 0. The summed E-state index contributed by atoms with van der Waals surface area (Å²) in [6, 6.07) is 13.1. The van der Waals surface area contributed by atoms with E-state index in [9.17, 15) is 9.59 Å². The summed E-state index contributed by atoms with van der Waals surface area (Å²) in [5.41, 5.74) is 2.97. The third kappa shape index (κ3) is 5.25. The number of nitrogens with zero attached hydrogens (tertiary/aromatic N) is 1. The first-order chi connectivity index (χ1) is 13.4. The maximum absolute atomic E-state index is 12.4. The highest BCUT2D eigenvalue weighted by Gasteiger charge is 2.24. The molecule has 0 unspecified atom stereocenters. The Hall–Kier alpha value is -2.08. The number of amides is 2. The molecule has 3 rings (SSSR count). The number of rotatable bonds is 5. The van der Waals surface area contributed by atoms with Crippen molar-refractivity contribution in [3.05, 3.63) is 69.2 Å². The Morgan fingerprint density at radius 3 is 2.50 bits per heavy atom. The van der Waals surface area contributed by atoms with Gasteiger partial charge in [0.15, 0.2) is 0 Å². The second-order valence-corrected chi connectivity index (χ2v) is 7.88. The lowest BCUT2D eigenvalue weighted by Gasteiger charge is -2.32. The monoisotopic (exact) mass is 420 g/mol. The average Bonchev–Trinajstić information content (AvgIpc) is 2.68. The first-order valence-corrected chi connectivity index (χ1v) is 10.1. The molecule has 28 heavy (non-hydrogen) atoms. The van der Waals surface area contributed by atoms with Crippen molar-refractivity contribution >= 4 is 35.0 Å². The first kappa shape index (κ1) is 20.6. The van der Waals surface area contributed by atoms with Gasteiger partial charge >= 0.3 is 0 Å². The van der Waals surface area contributed by atoms with Crippen LogP contribution in [0, 0.1) is 6.92 Å². The van der Waals surface area contributed by atoms with Crippen molar-refractivity contribution in [2.45, 2.75) is 13.5 Å². The average molecular weight is 421 g/mol. The van der Waals surface area contributed by atoms with Crippen LogP contribution >= 0.6 is 23.2 Å². The maximum atomic E-state index is 12.4. The molecule has 148 valence electrons. The normalized spacial score (nSPS) is 14.8. The molecular formula is C21H24Cl2N3O2+. The van der Waals surface area contributed by atoms with Crippen LogP contribution in [0.25, 0.3) is 0 Å². The maximum Gasteiger partial charge on any atom is 0.253 e. The first-order valence-electron chi connectivity index (χ1n) is 9.33. The van der Waals surface area contributed by atoms with E-state index in [0.717, 1.165) is 19.6 Å². The number of quaternary nitrogens is 1. The fourth-order valence-corrected chi connectivity index (χ4v) is 3.86. The van der Waals surface area contributed by atoms with Crippen LogP contribution in [0.2, 0.25) is 10.0 Å². The molecule has 7 heteroatoms. The van der Waals surface area contributed by atoms with Crippen LogP contribution < -0.4 is 10.2 Å². The number of aryl methyl sites for hydroxylation is 1. The second kappa shape index (κ2) is 9.41. The Morgan fingerprint density at radius 1 is 1.11 bits per heavy atom. The highest BCUT2D eigenvalue weighted by Crippen LogP contribution is 2.20. The zero-order valence-corrected chi connectivity index (χ0v) is 17.3. The molecule has 0 spiro atoms. The molecule has 1 fully saturated rings. The molecule has 2 amide bonds. The molecule has 1 heterocycles. The highest BCUT2D eigenvalue weighted by atomic mass is 35.5. The molecule has 0 radical (unpaired) electrons. The Labute approximate surface area is 175 Å². The van der Waals surface area contributed by atoms with Crippen LogP contribution in [0.3, 0.4) is 0 Å². The van der Waals surface area contributed by atoms with Crippen LogP contribution in [-0.4, -0.2) is 49.4 Å². The van der Waals surface area contributed by atoms with Gasteiger partial charge in [-0.25, -0.2) is 0 Å². The van der Waals surface area contributed by atoms with Gasteiger partial charge in [0.25, 0.3) is 5.91 Å². The predicted molar refractivity (Wildman–Crippen MR) is 111 cm³/mol. The fraction of sp³-hybridized carbons (Fsp3) is 0.333. The minimum absolute atomic E-state index is 0.0368. The lowest BCUT2D eigenvalue weighted by Crippen LogP contribution is -3.13. The molecule has 1 aliphatic heterocycles. The Bertz CT molecular complexity index is 864. The van der Waals surface area contributed by atoms with E-state index in [-0.39, 0.29) is 23.4 Å². The van der Waals surface area contributed by atoms with Gasteiger partial charge in [-0.05, 0) is 30.7 Å². The van der Waals surface area contributed by atoms with Gasteiger partial charge in [0.05, 0.1) is 43.3 Å². The molecule has 2 aromatic rings. The molecule has 0 atom stereocenters. The number of hydrogen-bond donors (Lipinski definition) is 2. The zero-order valence-electron chi connectivity index (χ0n) is 15.8. The van der Waals surface area contributed by atoms with E-state index in [4.69, 9.17) is 23.2 Å². The van der Waals surface area contributed by atoms with E-state index in [2.05, 4.69) is 36.5 Å². The van der Waals surface area contributed by atoms with Gasteiger partial charge in [0, 0.05) is 10.6 Å². The lowest BCUT2D eigenvalue weighted by molar-refractivity contribution is -0.917. The Morgan fingerprint density at radius 2 is 1.82 bits per heavy atom. The quantitative estimate of drug-likeness (QED) is 0.776. The minimum atomic E-state index is -0.376. The summed E-state index contributed by atoms with van der Waals surface area (Å²) < 4.78 is 0. The van der Waals surface area contributed by atoms with Crippen molar-refractivity contribution in [2.75, 3.05) is 32.7 Å². The van der Waals surface area contributed by atoms with E-state index in [1.54, 1.807) is 12.1 Å². The van der Waals surface area contributed by atoms with Gasteiger partial charge in [-0.3, -0.25) is 9.59 Å². The van der Waals surface area contributed by atoms with Crippen molar-refractivity contribution < 1.29 is 14.5 Å². The summed E-state index contributed by atoms with van der Waals surface area (Å²) >= 11 is 11.9. The van der Waals surface area contributed by atoms with Crippen molar-refractivity contribution in [2.24, 2.45) is 0 Å². The second-order valence-electron chi connectivity index (χ2n) is 7.04. The van der Waals surface area contributed by atoms with E-state index in [1.807, 2.05) is 4.90 Å². The molecule has 0 aromatic heterocycles. The van der Waals surface area contributed by atoms with Crippen molar-refractivity contribution in [1.82, 2.24) is 10.2 Å². The predicted octanol–water partition coefficient (Wildman–Crippen LogP) is 1.96. The number of nitrogens with one attached hydrogen (secondary N) is 2. The number of halogens is 2. The standard InChI is InChI=1S/C21H23Cl2N3O2/c1-15-4-2-3-5-16(15)14-25-8-10-26(11-9-25)20(27)13-24-21(28)18-7-6-17(22)12-19(18)23/h2-7,12H,8-11,13-14H2,1H3,(H,24,28)/p+1. The van der Waals surface area contributed by atoms with Crippen molar-refractivity contribution in [3.63, 3.8) is 0 Å². The van der Waals surface area contributed by atoms with Crippen LogP contribution in [-0.2, 0) is 11.3 Å². The van der Waals surface area contributed by atoms with Gasteiger partial charge < -0.3 is 15.1 Å². The number of carbonyl (C=O) groups is 2. The third-order valence-electron chi connectivity index (χ3n) is 5.10. The number of carbonyl (C=O) groups excluding carboxylic acids is 2. The molecule has 2 N–H and O–H groups in total. The third-order valence-corrected chi connectivity index (χ3v) is 5.65. The Kier molecular flexibility index (Phi) is 6.94. The van der Waals surface area contributed by atoms with E-state index < -0.39 is 0 Å². The van der Waals surface area contributed by atoms with Crippen LogP contribution in [0.5, 0.6) is 0 Å². The van der Waals surface area contributed by atoms with Crippen LogP contribution in [0.4, 0.5) is 0 Å². The summed E-state index contributed by atoms with van der Waals surface area (Å²) in [4.78, 5) is 28.0. The lowest BCUT2D eigenvalue weighted by atomic mass is 10.1. The molecule has 1 aliphatic rings. The molecule has 5 nitrogen and oxygen atoms in total. The topological polar surface area (TPSA) is 53.9 Å². The molecule has 2 aromatic carbocycles. The highest BCUT2D eigenvalue weighted by molar-refractivity contribution is 6.36. The van der Waals surface area contributed by atoms with Crippen molar-refractivity contribution in [1.29, 1.82) is 0 Å². The van der Waals surface area contributed by atoms with Gasteiger partial charge in [-0.2, -0.15) is 0 Å². The number of piperazine rings is 1. The van der Waals surface area contributed by atoms with Gasteiger partial charge in [0.2, 0.25) is 5.91 Å².